The summed E-state index contributed by atoms with van der Waals surface area (Å²) < 4.78 is 0. The highest BCUT2D eigenvalue weighted by Gasteiger charge is 1.62. The van der Waals surface area contributed by atoms with Gasteiger partial charge in [-0.15, -0.1) is 0 Å². The highest BCUT2D eigenvalue weighted by Crippen LogP contribution is 1.50. The van der Waals surface area contributed by atoms with Crippen LogP contribution in [0.3, 0.4) is 0 Å². The first-order chi connectivity index (χ1) is 3.65. The molecule has 0 aromatic heterocycles. The number of carbonyl (C=O) groups excluding carboxylic acids is 1. The number of rotatable bonds is 1. The number of hydrogen-bond donors (Lipinski definition) is 2. The highest BCUT2D eigenvalue weighted by molar-refractivity contribution is 5.72. The molecule has 0 aliphatic carbocycles. The first-order valence-corrected chi connectivity index (χ1v) is 2.34. The summed E-state index contributed by atoms with van der Waals surface area (Å²) in [4.78, 5) is 9.44. The molecule has 3 nitrogen and oxygen atoms in total. The molecule has 3 heteroatoms. The van der Waals surface area contributed by atoms with Gasteiger partial charge in [-0.05, 0) is 13.8 Å². The Balaban J connectivity index is 0. The van der Waals surface area contributed by atoms with Crippen molar-refractivity contribution in [1.29, 1.82) is 0 Å². The van der Waals surface area contributed by atoms with Crippen molar-refractivity contribution in [3.05, 3.63) is 0 Å². The molecular formula is C5H12O3. The molecule has 0 atom stereocenters. The lowest BCUT2D eigenvalue weighted by atomic mass is 10.6. The van der Waals surface area contributed by atoms with Crippen LogP contribution in [0.15, 0.2) is 0 Å². The van der Waals surface area contributed by atoms with Crippen molar-refractivity contribution in [3.8, 4) is 0 Å². The van der Waals surface area contributed by atoms with Gasteiger partial charge in [-0.1, -0.05) is 0 Å². The largest absolute Gasteiger partial charge is 0.394 e. The van der Waals surface area contributed by atoms with Gasteiger partial charge in [0.2, 0.25) is 0 Å². The van der Waals surface area contributed by atoms with Gasteiger partial charge in [0.05, 0.1) is 13.2 Å². The van der Waals surface area contributed by atoms with E-state index in [9.17, 15) is 4.79 Å². The maximum absolute atomic E-state index is 9.44. The zero-order chi connectivity index (χ0) is 6.99. The van der Waals surface area contributed by atoms with Crippen LogP contribution in [0, 0.1) is 0 Å². The Morgan fingerprint density at radius 3 is 1.38 bits per heavy atom. The van der Waals surface area contributed by atoms with Crippen LogP contribution in [-0.2, 0) is 4.79 Å². The molecule has 0 saturated heterocycles. The predicted octanol–water partition coefficient (Wildman–Crippen LogP) is -0.434. The first kappa shape index (κ1) is 10.5. The number of Topliss-reactive ketones (excluding diaryl/α,β-unsaturated/α-hetero) is 1. The molecule has 8 heavy (non-hydrogen) atoms. The van der Waals surface area contributed by atoms with E-state index in [4.69, 9.17) is 10.2 Å². The molecule has 0 bridgehead atoms. The van der Waals surface area contributed by atoms with E-state index in [-0.39, 0.29) is 19.0 Å². The minimum Gasteiger partial charge on any atom is -0.394 e. The Morgan fingerprint density at radius 2 is 1.38 bits per heavy atom. The van der Waals surface area contributed by atoms with Gasteiger partial charge in [-0.2, -0.15) is 0 Å². The molecule has 50 valence electrons. The van der Waals surface area contributed by atoms with Crippen molar-refractivity contribution in [3.63, 3.8) is 0 Å². The Labute approximate surface area is 49.0 Å². The molecule has 0 spiro atoms. The average molecular weight is 120 g/mol. The van der Waals surface area contributed by atoms with Gasteiger partial charge < -0.3 is 15.0 Å². The number of aliphatic hydroxyl groups excluding tert-OH is 2. The molecule has 0 amide bonds. The summed E-state index contributed by atoms with van der Waals surface area (Å²) >= 11 is 0. The lowest BCUT2D eigenvalue weighted by Crippen LogP contribution is -1.85. The molecule has 0 rings (SSSR count). The van der Waals surface area contributed by atoms with E-state index < -0.39 is 0 Å². The Morgan fingerprint density at radius 1 is 1.25 bits per heavy atom. The third kappa shape index (κ3) is 338. The van der Waals surface area contributed by atoms with Crippen LogP contribution in [-0.4, -0.2) is 29.2 Å². The molecule has 0 aromatic carbocycles. The summed E-state index contributed by atoms with van der Waals surface area (Å²) in [5.41, 5.74) is 0. The second-order valence-corrected chi connectivity index (χ2v) is 1.36. The zero-order valence-corrected chi connectivity index (χ0v) is 5.22. The van der Waals surface area contributed by atoms with Crippen molar-refractivity contribution < 1.29 is 15.0 Å². The SMILES string of the molecule is CC(C)=O.OCCO. The molecule has 0 heterocycles. The maximum Gasteiger partial charge on any atom is 0.126 e. The van der Waals surface area contributed by atoms with E-state index in [0.29, 0.717) is 0 Å². The monoisotopic (exact) mass is 120 g/mol. The number of ketones is 1. The van der Waals surface area contributed by atoms with E-state index in [2.05, 4.69) is 0 Å². The summed E-state index contributed by atoms with van der Waals surface area (Å²) in [6.45, 7) is 2.81. The van der Waals surface area contributed by atoms with Gasteiger partial charge in [-0.25, -0.2) is 0 Å². The Bertz CT molecular complexity index is 45.6. The quantitative estimate of drug-likeness (QED) is 0.493. The molecule has 0 aromatic rings. The van der Waals surface area contributed by atoms with Crippen molar-refractivity contribution in [2.45, 2.75) is 13.8 Å². The van der Waals surface area contributed by atoms with Crippen LogP contribution in [0.1, 0.15) is 13.8 Å². The molecule has 0 radical (unpaired) electrons. The summed E-state index contributed by atoms with van der Waals surface area (Å²) in [5.74, 6) is 0.167. The molecule has 0 aliphatic heterocycles. The second-order valence-electron chi connectivity index (χ2n) is 1.36. The number of carbonyl (C=O) groups is 1. The fraction of sp³-hybridized carbons (Fsp3) is 0.800. The molecule has 0 aliphatic rings. The maximum atomic E-state index is 9.44. The molecule has 0 unspecified atom stereocenters. The predicted molar refractivity (Wildman–Crippen MR) is 30.5 cm³/mol. The summed E-state index contributed by atoms with van der Waals surface area (Å²) in [5, 5.41) is 15.2. The fourth-order valence-corrected chi connectivity index (χ4v) is 0. The van der Waals surface area contributed by atoms with E-state index >= 15 is 0 Å². The molecular weight excluding hydrogens is 108 g/mol. The minimum atomic E-state index is -0.125. The minimum absolute atomic E-state index is 0.125. The second kappa shape index (κ2) is 9.77. The van der Waals surface area contributed by atoms with Crippen LogP contribution >= 0.6 is 0 Å². The summed E-state index contributed by atoms with van der Waals surface area (Å²) in [6.07, 6.45) is 0. The van der Waals surface area contributed by atoms with E-state index in [1.807, 2.05) is 0 Å². The van der Waals surface area contributed by atoms with Crippen molar-refractivity contribution in [1.82, 2.24) is 0 Å². The van der Waals surface area contributed by atoms with Crippen LogP contribution in [0.5, 0.6) is 0 Å². The van der Waals surface area contributed by atoms with Crippen molar-refractivity contribution in [2.24, 2.45) is 0 Å². The van der Waals surface area contributed by atoms with Crippen LogP contribution < -0.4 is 0 Å². The number of hydrogen-bond acceptors (Lipinski definition) is 3. The number of aliphatic hydroxyl groups is 2. The summed E-state index contributed by atoms with van der Waals surface area (Å²) in [7, 11) is 0. The fourth-order valence-electron chi connectivity index (χ4n) is 0. The lowest BCUT2D eigenvalue weighted by molar-refractivity contribution is -0.114. The van der Waals surface area contributed by atoms with Crippen LogP contribution in [0.25, 0.3) is 0 Å². The lowest BCUT2D eigenvalue weighted by Gasteiger charge is -1.70. The van der Waals surface area contributed by atoms with E-state index in [1.165, 1.54) is 13.8 Å². The molecule has 0 saturated carbocycles. The Hall–Kier alpha value is -0.410. The Kier molecular flexibility index (Phi) is 12.9. The summed E-state index contributed by atoms with van der Waals surface area (Å²) in [6, 6.07) is 0. The van der Waals surface area contributed by atoms with Crippen LogP contribution in [0.4, 0.5) is 0 Å². The smallest absolute Gasteiger partial charge is 0.126 e. The molecule has 0 fully saturated rings. The van der Waals surface area contributed by atoms with Gasteiger partial charge in [0.25, 0.3) is 0 Å². The van der Waals surface area contributed by atoms with Gasteiger partial charge in [-0.3, -0.25) is 0 Å². The topological polar surface area (TPSA) is 57.5 Å². The normalized spacial score (nSPS) is 7.00. The van der Waals surface area contributed by atoms with Gasteiger partial charge >= 0.3 is 0 Å². The van der Waals surface area contributed by atoms with Gasteiger partial charge in [0.1, 0.15) is 5.78 Å². The third-order valence-corrected chi connectivity index (χ3v) is 0.1000. The third-order valence-electron chi connectivity index (χ3n) is 0.1000. The van der Waals surface area contributed by atoms with Crippen LogP contribution in [0.2, 0.25) is 0 Å². The standard InChI is InChI=1S/C3H6O.C2H6O2/c1-3(2)4;3-1-2-4/h1-2H3;3-4H,1-2H2. The van der Waals surface area contributed by atoms with Gasteiger partial charge in [0.15, 0.2) is 0 Å². The van der Waals surface area contributed by atoms with Crippen molar-refractivity contribution >= 4 is 5.78 Å². The zero-order valence-electron chi connectivity index (χ0n) is 5.22. The highest BCUT2D eigenvalue weighted by atomic mass is 16.3. The first-order valence-electron chi connectivity index (χ1n) is 2.34. The molecule has 2 N–H and O–H groups in total. The van der Waals surface area contributed by atoms with Gasteiger partial charge in [0, 0.05) is 0 Å². The van der Waals surface area contributed by atoms with Crippen molar-refractivity contribution in [2.75, 3.05) is 13.2 Å². The average Bonchev–Trinajstić information content (AvgIpc) is 1.65. The van der Waals surface area contributed by atoms with E-state index in [0.717, 1.165) is 0 Å². The van der Waals surface area contributed by atoms with E-state index in [1.54, 1.807) is 0 Å².